The van der Waals surface area contributed by atoms with E-state index in [0.29, 0.717) is 6.54 Å². The molecular formula is C17H22ClNO2. The molecule has 1 aromatic carbocycles. The van der Waals surface area contributed by atoms with Crippen molar-refractivity contribution in [2.45, 2.75) is 38.6 Å². The van der Waals surface area contributed by atoms with E-state index in [1.54, 1.807) is 0 Å². The smallest absolute Gasteiger partial charge is 0.308 e. The van der Waals surface area contributed by atoms with Gasteiger partial charge in [-0.15, -0.1) is 0 Å². The normalized spacial score (nSPS) is 25.3. The molecule has 1 aliphatic carbocycles. The Bertz CT molecular complexity index is 525. The summed E-state index contributed by atoms with van der Waals surface area (Å²) < 4.78 is 0. The van der Waals surface area contributed by atoms with E-state index in [0.717, 1.165) is 36.5 Å². The molecule has 1 aliphatic heterocycles. The van der Waals surface area contributed by atoms with Gasteiger partial charge in [0.25, 0.3) is 0 Å². The predicted octanol–water partition coefficient (Wildman–Crippen LogP) is 3.81. The molecular weight excluding hydrogens is 286 g/mol. The van der Waals surface area contributed by atoms with E-state index in [4.69, 9.17) is 11.6 Å². The van der Waals surface area contributed by atoms with Crippen molar-refractivity contribution in [3.05, 3.63) is 34.9 Å². The van der Waals surface area contributed by atoms with Gasteiger partial charge >= 0.3 is 5.97 Å². The molecule has 2 fully saturated rings. The Kier molecular flexibility index (Phi) is 4.23. The number of aliphatic carboxylic acids is 1. The van der Waals surface area contributed by atoms with Crippen LogP contribution < -0.4 is 0 Å². The summed E-state index contributed by atoms with van der Waals surface area (Å²) in [7, 11) is 0. The van der Waals surface area contributed by atoms with Gasteiger partial charge in [-0.25, -0.2) is 0 Å². The monoisotopic (exact) mass is 307 g/mol. The van der Waals surface area contributed by atoms with Crippen molar-refractivity contribution in [2.75, 3.05) is 13.1 Å². The van der Waals surface area contributed by atoms with Crippen molar-refractivity contribution < 1.29 is 9.90 Å². The zero-order valence-electron chi connectivity index (χ0n) is 12.2. The SMILES string of the molecule is O=C(O)[C@H]1CN(Cc2ccccc2Cl)CC12CCCCC2. The fraction of sp³-hybridized carbons (Fsp3) is 0.588. The van der Waals surface area contributed by atoms with Crippen LogP contribution in [0.15, 0.2) is 24.3 Å². The second-order valence-electron chi connectivity index (χ2n) is 6.57. The number of carboxylic acid groups (broad SMARTS) is 1. The number of likely N-dealkylation sites (tertiary alicyclic amines) is 1. The number of halogens is 1. The van der Waals surface area contributed by atoms with E-state index >= 15 is 0 Å². The Morgan fingerprint density at radius 3 is 2.67 bits per heavy atom. The first-order chi connectivity index (χ1) is 10.1. The highest BCUT2D eigenvalue weighted by molar-refractivity contribution is 6.31. The van der Waals surface area contributed by atoms with Crippen LogP contribution in [-0.4, -0.2) is 29.1 Å². The molecule has 1 saturated heterocycles. The molecule has 3 rings (SSSR count). The van der Waals surface area contributed by atoms with Crippen LogP contribution in [-0.2, 0) is 11.3 Å². The van der Waals surface area contributed by atoms with Crippen molar-refractivity contribution in [3.63, 3.8) is 0 Å². The van der Waals surface area contributed by atoms with Gasteiger partial charge in [-0.3, -0.25) is 9.69 Å². The van der Waals surface area contributed by atoms with Crippen LogP contribution >= 0.6 is 11.6 Å². The van der Waals surface area contributed by atoms with E-state index in [1.165, 1.54) is 19.3 Å². The lowest BCUT2D eigenvalue weighted by molar-refractivity contribution is -0.145. The van der Waals surface area contributed by atoms with E-state index in [1.807, 2.05) is 24.3 Å². The van der Waals surface area contributed by atoms with Crippen LogP contribution in [0, 0.1) is 11.3 Å². The highest BCUT2D eigenvalue weighted by Crippen LogP contribution is 2.48. The number of hydrogen-bond acceptors (Lipinski definition) is 2. The molecule has 1 atom stereocenters. The summed E-state index contributed by atoms with van der Waals surface area (Å²) in [5.74, 6) is -0.848. The Morgan fingerprint density at radius 2 is 2.00 bits per heavy atom. The van der Waals surface area contributed by atoms with Gasteiger partial charge in [0.05, 0.1) is 5.92 Å². The summed E-state index contributed by atoms with van der Waals surface area (Å²) >= 11 is 6.24. The lowest BCUT2D eigenvalue weighted by Gasteiger charge is -2.36. The molecule has 1 saturated carbocycles. The average molecular weight is 308 g/mol. The molecule has 0 aromatic heterocycles. The molecule has 0 unspecified atom stereocenters. The minimum absolute atomic E-state index is 0.00859. The molecule has 114 valence electrons. The molecule has 4 heteroatoms. The van der Waals surface area contributed by atoms with Crippen LogP contribution in [0.1, 0.15) is 37.7 Å². The zero-order chi connectivity index (χ0) is 14.9. The van der Waals surface area contributed by atoms with E-state index in [2.05, 4.69) is 4.90 Å². The average Bonchev–Trinajstić information content (AvgIpc) is 2.80. The lowest BCUT2D eigenvalue weighted by Crippen LogP contribution is -2.36. The predicted molar refractivity (Wildman–Crippen MR) is 83.4 cm³/mol. The maximum absolute atomic E-state index is 11.7. The molecule has 1 N–H and O–H groups in total. The van der Waals surface area contributed by atoms with E-state index < -0.39 is 5.97 Å². The van der Waals surface area contributed by atoms with Gasteiger partial charge < -0.3 is 5.11 Å². The van der Waals surface area contributed by atoms with Gasteiger partial charge in [-0.1, -0.05) is 49.1 Å². The minimum atomic E-state index is -0.626. The fourth-order valence-corrected chi connectivity index (χ4v) is 4.36. The van der Waals surface area contributed by atoms with Crippen molar-refractivity contribution in [1.29, 1.82) is 0 Å². The number of benzene rings is 1. The van der Waals surface area contributed by atoms with Gasteiger partial charge in [0, 0.05) is 24.7 Å². The molecule has 21 heavy (non-hydrogen) atoms. The largest absolute Gasteiger partial charge is 0.481 e. The quantitative estimate of drug-likeness (QED) is 0.923. The fourth-order valence-electron chi connectivity index (χ4n) is 4.16. The number of hydrogen-bond donors (Lipinski definition) is 1. The number of carboxylic acids is 1. The molecule has 2 aliphatic rings. The molecule has 1 aromatic rings. The topological polar surface area (TPSA) is 40.5 Å². The van der Waals surface area contributed by atoms with Crippen molar-refractivity contribution >= 4 is 17.6 Å². The molecule has 0 radical (unpaired) electrons. The number of rotatable bonds is 3. The third-order valence-electron chi connectivity index (χ3n) is 5.22. The van der Waals surface area contributed by atoms with Crippen LogP contribution in [0.25, 0.3) is 0 Å². The van der Waals surface area contributed by atoms with Crippen LogP contribution in [0.3, 0.4) is 0 Å². The maximum atomic E-state index is 11.7. The maximum Gasteiger partial charge on any atom is 0.308 e. The summed E-state index contributed by atoms with van der Waals surface area (Å²) in [5, 5.41) is 10.4. The highest BCUT2D eigenvalue weighted by atomic mass is 35.5. The van der Waals surface area contributed by atoms with Crippen molar-refractivity contribution in [3.8, 4) is 0 Å². The Morgan fingerprint density at radius 1 is 1.29 bits per heavy atom. The summed E-state index contributed by atoms with van der Waals surface area (Å²) in [6.07, 6.45) is 5.71. The van der Waals surface area contributed by atoms with E-state index in [-0.39, 0.29) is 11.3 Å². The molecule has 1 heterocycles. The van der Waals surface area contributed by atoms with Gasteiger partial charge in [-0.2, -0.15) is 0 Å². The molecule has 0 amide bonds. The Labute approximate surface area is 130 Å². The molecule has 3 nitrogen and oxygen atoms in total. The van der Waals surface area contributed by atoms with Gasteiger partial charge in [0.2, 0.25) is 0 Å². The van der Waals surface area contributed by atoms with Gasteiger partial charge in [0.15, 0.2) is 0 Å². The summed E-state index contributed by atoms with van der Waals surface area (Å²) in [5.41, 5.74) is 1.09. The third-order valence-corrected chi connectivity index (χ3v) is 5.59. The minimum Gasteiger partial charge on any atom is -0.481 e. The first-order valence-electron chi connectivity index (χ1n) is 7.79. The molecule has 0 bridgehead atoms. The molecule has 1 spiro atoms. The lowest BCUT2D eigenvalue weighted by atomic mass is 9.68. The Balaban J connectivity index is 1.77. The highest BCUT2D eigenvalue weighted by Gasteiger charge is 2.50. The zero-order valence-corrected chi connectivity index (χ0v) is 13.0. The van der Waals surface area contributed by atoms with Crippen LogP contribution in [0.5, 0.6) is 0 Å². The van der Waals surface area contributed by atoms with Crippen molar-refractivity contribution in [2.24, 2.45) is 11.3 Å². The van der Waals surface area contributed by atoms with Gasteiger partial charge in [-0.05, 0) is 29.9 Å². The second-order valence-corrected chi connectivity index (χ2v) is 6.98. The van der Waals surface area contributed by atoms with Crippen molar-refractivity contribution in [1.82, 2.24) is 4.90 Å². The second kappa shape index (κ2) is 5.98. The van der Waals surface area contributed by atoms with Gasteiger partial charge in [0.1, 0.15) is 0 Å². The number of carbonyl (C=O) groups is 1. The summed E-state index contributed by atoms with van der Waals surface area (Å²) in [4.78, 5) is 14.0. The number of nitrogens with zero attached hydrogens (tertiary/aromatic N) is 1. The van der Waals surface area contributed by atoms with E-state index in [9.17, 15) is 9.90 Å². The van der Waals surface area contributed by atoms with Crippen LogP contribution in [0.2, 0.25) is 5.02 Å². The first kappa shape index (κ1) is 14.9. The first-order valence-corrected chi connectivity index (χ1v) is 8.17. The van der Waals surface area contributed by atoms with Crippen LogP contribution in [0.4, 0.5) is 0 Å². The standard InChI is InChI=1S/C17H22ClNO2/c18-15-7-3-2-6-13(15)10-19-11-14(16(20)21)17(12-19)8-4-1-5-9-17/h2-3,6-7,14H,1,4-5,8-12H2,(H,20,21)/t14-/m1/s1. The Hall–Kier alpha value is -1.06. The summed E-state index contributed by atoms with van der Waals surface area (Å²) in [6.45, 7) is 2.31. The summed E-state index contributed by atoms with van der Waals surface area (Å²) in [6, 6.07) is 7.85. The third kappa shape index (κ3) is 2.95.